The largest absolute Gasteiger partial charge is 0.412 e. The molecule has 0 saturated carbocycles. The van der Waals surface area contributed by atoms with Gasteiger partial charge in [-0.1, -0.05) is 57.2 Å². The smallest absolute Gasteiger partial charge is 0.0655 e. The van der Waals surface area contributed by atoms with Crippen molar-refractivity contribution in [3.63, 3.8) is 0 Å². The summed E-state index contributed by atoms with van der Waals surface area (Å²) in [6.07, 6.45) is 12.0. The molecule has 0 heterocycles. The van der Waals surface area contributed by atoms with E-state index in [1.165, 1.54) is 61.6 Å². The second kappa shape index (κ2) is 12.8. The van der Waals surface area contributed by atoms with E-state index in [4.69, 9.17) is 5.73 Å². The third-order valence-electron chi connectivity index (χ3n) is 5.72. The molecule has 0 fully saturated rings. The Kier molecular flexibility index (Phi) is 12.6. The van der Waals surface area contributed by atoms with Gasteiger partial charge in [0.25, 0.3) is 0 Å². The molecule has 4 nitrogen and oxygen atoms in total. The molecule has 1 aliphatic carbocycles. The fourth-order valence-corrected chi connectivity index (χ4v) is 3.87. The number of aryl methyl sites for hydroxylation is 2. The van der Waals surface area contributed by atoms with E-state index in [1.54, 1.807) is 0 Å². The Balaban J connectivity index is 0.00000312. The Morgan fingerprint density at radius 2 is 1.69 bits per heavy atom. The minimum Gasteiger partial charge on any atom is -0.412 e. The van der Waals surface area contributed by atoms with Crippen LogP contribution in [0.5, 0.6) is 0 Å². The second-order valence-electron chi connectivity index (χ2n) is 7.61. The number of benzene rings is 1. The Bertz CT molecular complexity index is 506. The van der Waals surface area contributed by atoms with Crippen LogP contribution in [0.2, 0.25) is 0 Å². The van der Waals surface area contributed by atoms with Crippen molar-refractivity contribution >= 4 is 17.0 Å². The van der Waals surface area contributed by atoms with E-state index in [9.17, 15) is 10.2 Å². The lowest BCUT2D eigenvalue weighted by molar-refractivity contribution is 0.0690. The van der Waals surface area contributed by atoms with Crippen LogP contribution < -0.4 is 5.73 Å². The van der Waals surface area contributed by atoms with Crippen LogP contribution in [0, 0.1) is 5.92 Å². The van der Waals surface area contributed by atoms with Crippen LogP contribution in [0.1, 0.15) is 68.6 Å². The molecule has 26 heavy (non-hydrogen) atoms. The number of nitrogens with two attached hydrogens (primary N) is 1. The molecule has 0 aromatic heterocycles. The first-order valence-electron chi connectivity index (χ1n) is 9.74. The summed E-state index contributed by atoms with van der Waals surface area (Å²) in [4.78, 5) is 0. The highest BCUT2D eigenvalue weighted by Gasteiger charge is 2.36. The minimum atomic E-state index is -0.852. The Morgan fingerprint density at radius 1 is 1.04 bits per heavy atom. The summed E-state index contributed by atoms with van der Waals surface area (Å²) < 4.78 is 0. The van der Waals surface area contributed by atoms with E-state index < -0.39 is 5.54 Å². The summed E-state index contributed by atoms with van der Waals surface area (Å²) in [6.45, 7) is 1.95. The maximum atomic E-state index is 9.52. The van der Waals surface area contributed by atoms with E-state index in [1.807, 2.05) is 0 Å². The number of aliphatic hydroxyl groups excluding tert-OH is 2. The summed E-state index contributed by atoms with van der Waals surface area (Å²) in [7, 11) is 0. The highest BCUT2D eigenvalue weighted by atomic mass is 79.9. The molecule has 0 spiro atoms. The average molecular weight is 432 g/mol. The molecule has 0 amide bonds. The van der Waals surface area contributed by atoms with Gasteiger partial charge in [-0.15, -0.1) is 17.0 Å². The Morgan fingerprint density at radius 3 is 2.35 bits per heavy atom. The lowest BCUT2D eigenvalue weighted by Crippen LogP contribution is -2.55. The van der Waals surface area contributed by atoms with Gasteiger partial charge in [-0.05, 0) is 54.7 Å². The molecule has 1 atom stereocenters. The van der Waals surface area contributed by atoms with Crippen molar-refractivity contribution in [3.05, 3.63) is 34.9 Å². The summed E-state index contributed by atoms with van der Waals surface area (Å²) in [5.41, 5.74) is 9.55. The average Bonchev–Trinajstić information content (AvgIpc) is 2.63. The van der Waals surface area contributed by atoms with Gasteiger partial charge < -0.3 is 21.4 Å². The van der Waals surface area contributed by atoms with Gasteiger partial charge in [-0.25, -0.2) is 0 Å². The van der Waals surface area contributed by atoms with E-state index in [2.05, 4.69) is 25.1 Å². The normalized spacial score (nSPS) is 16.4. The summed E-state index contributed by atoms with van der Waals surface area (Å²) in [6, 6.07) is 6.86. The zero-order valence-corrected chi connectivity index (χ0v) is 17.9. The van der Waals surface area contributed by atoms with Crippen LogP contribution in [0.15, 0.2) is 18.2 Å². The van der Waals surface area contributed by atoms with E-state index in [0.717, 1.165) is 19.3 Å². The maximum absolute atomic E-state index is 9.52. The van der Waals surface area contributed by atoms with Crippen molar-refractivity contribution in [2.24, 2.45) is 11.7 Å². The summed E-state index contributed by atoms with van der Waals surface area (Å²) >= 11 is 0. The molecule has 0 radical (unpaired) electrons. The first-order chi connectivity index (χ1) is 11.6. The van der Waals surface area contributed by atoms with Crippen LogP contribution in [0.4, 0.5) is 0 Å². The molecule has 0 unspecified atom stereocenters. The van der Waals surface area contributed by atoms with Gasteiger partial charge in [0, 0.05) is 0 Å². The predicted molar refractivity (Wildman–Crippen MR) is 114 cm³/mol. The minimum absolute atomic E-state index is 0. The molecule has 1 aromatic carbocycles. The van der Waals surface area contributed by atoms with Crippen LogP contribution in [0.3, 0.4) is 0 Å². The standard InChI is InChI=1S/C21H35NO2.BrH.H2O/c1-2-3-4-5-6-7-8-17-9-10-19-14-20(12-11-18(19)13-17)21(22,15-23)16-24;;/h9-10,13,20,23-24H,2-8,11-12,14-16,22H2,1H3;1H;1H2/t20-;;/m0../s1. The third kappa shape index (κ3) is 6.93. The highest BCUT2D eigenvalue weighted by Crippen LogP contribution is 2.32. The Hall–Kier alpha value is -0.460. The van der Waals surface area contributed by atoms with Crippen LogP contribution in [-0.2, 0) is 19.3 Å². The molecule has 2 rings (SSSR count). The quantitative estimate of drug-likeness (QED) is 0.496. The van der Waals surface area contributed by atoms with Gasteiger partial charge in [0.15, 0.2) is 0 Å². The molecule has 1 aromatic rings. The van der Waals surface area contributed by atoms with Gasteiger partial charge in [-0.3, -0.25) is 0 Å². The fourth-order valence-electron chi connectivity index (χ4n) is 3.87. The van der Waals surface area contributed by atoms with E-state index in [-0.39, 0.29) is 41.6 Å². The summed E-state index contributed by atoms with van der Waals surface area (Å²) in [5, 5.41) is 19.0. The number of unbranched alkanes of at least 4 members (excludes halogenated alkanes) is 5. The van der Waals surface area contributed by atoms with E-state index in [0.29, 0.717) is 0 Å². The van der Waals surface area contributed by atoms with Gasteiger partial charge >= 0.3 is 0 Å². The number of aliphatic hydroxyl groups is 2. The molecule has 6 N–H and O–H groups in total. The Labute approximate surface area is 169 Å². The van der Waals surface area contributed by atoms with Crippen molar-refractivity contribution in [1.82, 2.24) is 0 Å². The number of hydrogen-bond acceptors (Lipinski definition) is 3. The van der Waals surface area contributed by atoms with Crippen molar-refractivity contribution in [3.8, 4) is 0 Å². The lowest BCUT2D eigenvalue weighted by Gasteiger charge is -2.37. The van der Waals surface area contributed by atoms with Crippen molar-refractivity contribution in [2.45, 2.75) is 76.7 Å². The van der Waals surface area contributed by atoms with Gasteiger partial charge in [-0.2, -0.15) is 0 Å². The number of halogens is 1. The summed E-state index contributed by atoms with van der Waals surface area (Å²) in [5.74, 6) is 0.157. The molecule has 0 bridgehead atoms. The van der Waals surface area contributed by atoms with Crippen molar-refractivity contribution in [2.75, 3.05) is 13.2 Å². The van der Waals surface area contributed by atoms with Gasteiger partial charge in [0.2, 0.25) is 0 Å². The topological polar surface area (TPSA) is 98.0 Å². The first-order valence-corrected chi connectivity index (χ1v) is 9.74. The monoisotopic (exact) mass is 431 g/mol. The molecule has 0 saturated heterocycles. The van der Waals surface area contributed by atoms with Gasteiger partial charge in [0.05, 0.1) is 18.8 Å². The predicted octanol–water partition coefficient (Wildman–Crippen LogP) is 3.13. The van der Waals surface area contributed by atoms with Crippen LogP contribution >= 0.6 is 17.0 Å². The zero-order chi connectivity index (χ0) is 17.4. The lowest BCUT2D eigenvalue weighted by atomic mass is 9.73. The number of rotatable bonds is 10. The third-order valence-corrected chi connectivity index (χ3v) is 5.72. The molecule has 1 aliphatic rings. The highest BCUT2D eigenvalue weighted by molar-refractivity contribution is 8.93. The molecule has 0 aliphatic heterocycles. The van der Waals surface area contributed by atoms with Crippen molar-refractivity contribution < 1.29 is 15.7 Å². The SMILES string of the molecule is Br.CCCCCCCCc1ccc2c(c1)CC[C@H](C(N)(CO)CO)C2.O. The zero-order valence-electron chi connectivity index (χ0n) is 16.2. The van der Waals surface area contributed by atoms with Gasteiger partial charge in [0.1, 0.15) is 0 Å². The van der Waals surface area contributed by atoms with E-state index >= 15 is 0 Å². The van der Waals surface area contributed by atoms with Crippen LogP contribution in [-0.4, -0.2) is 34.4 Å². The number of fused-ring (bicyclic) bond motifs is 1. The number of hydrogen-bond donors (Lipinski definition) is 3. The molecule has 152 valence electrons. The molecular weight excluding hydrogens is 394 g/mol. The molecular formula is C21H38BrNO3. The second-order valence-corrected chi connectivity index (χ2v) is 7.61. The van der Waals surface area contributed by atoms with Crippen molar-refractivity contribution in [1.29, 1.82) is 0 Å². The maximum Gasteiger partial charge on any atom is 0.0655 e. The fraction of sp³-hybridized carbons (Fsp3) is 0.714. The first kappa shape index (κ1) is 25.5. The van der Waals surface area contributed by atoms with Crippen LogP contribution in [0.25, 0.3) is 0 Å². The molecule has 5 heteroatoms.